The first kappa shape index (κ1) is 33.8. The van der Waals surface area contributed by atoms with Crippen molar-refractivity contribution >= 4 is 43.1 Å². The summed E-state index contributed by atoms with van der Waals surface area (Å²) in [5, 5.41) is 9.72. The highest BCUT2D eigenvalue weighted by atomic mass is 16.5. The van der Waals surface area contributed by atoms with Crippen LogP contribution in [0.4, 0.5) is 0 Å². The summed E-state index contributed by atoms with van der Waals surface area (Å²) in [4.78, 5) is 0. The molecule has 0 bridgehead atoms. The Morgan fingerprint density at radius 1 is 0.375 bits per heavy atom. The molecule has 0 aromatic heterocycles. The minimum atomic E-state index is 0.744. The summed E-state index contributed by atoms with van der Waals surface area (Å²) in [6.07, 6.45) is 15.0. The van der Waals surface area contributed by atoms with Crippen LogP contribution in [-0.4, -0.2) is 13.2 Å². The fraction of sp³-hybridized carbons (Fsp3) is 0.391. The van der Waals surface area contributed by atoms with E-state index >= 15 is 0 Å². The number of hydrogen-bond acceptors (Lipinski definition) is 2. The van der Waals surface area contributed by atoms with Crippen molar-refractivity contribution in [1.29, 1.82) is 0 Å². The molecule has 2 nitrogen and oxygen atoms in total. The van der Waals surface area contributed by atoms with Gasteiger partial charge >= 0.3 is 0 Å². The molecule has 6 rings (SSSR count). The highest BCUT2D eigenvalue weighted by Crippen LogP contribution is 2.50. The molecule has 2 heteroatoms. The minimum Gasteiger partial charge on any atom is -0.492 e. The largest absolute Gasteiger partial charge is 0.492 e. The van der Waals surface area contributed by atoms with Gasteiger partial charge in [-0.15, -0.1) is 0 Å². The number of benzene rings is 6. The smallest absolute Gasteiger partial charge is 0.134 e. The number of fused-ring (bicyclic) bond motifs is 4. The van der Waals surface area contributed by atoms with Crippen LogP contribution >= 0.6 is 0 Å². The SMILES string of the molecule is CCCCCCCCOc1c2ccccc2c(-c2c3ccccc3c(OCCCCCCCC)c3ccc(C)cc23)c2cc(C)ccc12. The van der Waals surface area contributed by atoms with Gasteiger partial charge in [-0.2, -0.15) is 0 Å². The molecule has 0 aliphatic rings. The molecule has 0 atom stereocenters. The van der Waals surface area contributed by atoms with Gasteiger partial charge in [0.15, 0.2) is 0 Å². The molecule has 0 saturated carbocycles. The quantitative estimate of drug-likeness (QED) is 0.0731. The first-order valence-electron chi connectivity index (χ1n) is 18.8. The van der Waals surface area contributed by atoms with Crippen LogP contribution in [0, 0.1) is 13.8 Å². The van der Waals surface area contributed by atoms with Crippen molar-refractivity contribution in [2.75, 3.05) is 13.2 Å². The maximum absolute atomic E-state index is 6.75. The minimum absolute atomic E-state index is 0.744. The Labute approximate surface area is 288 Å². The van der Waals surface area contributed by atoms with Gasteiger partial charge in [0.1, 0.15) is 11.5 Å². The van der Waals surface area contributed by atoms with Crippen molar-refractivity contribution in [1.82, 2.24) is 0 Å². The van der Waals surface area contributed by atoms with Crippen LogP contribution in [0.2, 0.25) is 0 Å². The number of ether oxygens (including phenoxy) is 2. The molecule has 0 N–H and O–H groups in total. The van der Waals surface area contributed by atoms with Gasteiger partial charge in [-0.05, 0) is 59.4 Å². The van der Waals surface area contributed by atoms with E-state index in [-0.39, 0.29) is 0 Å². The number of unbranched alkanes of at least 4 members (excludes halogenated alkanes) is 10. The van der Waals surface area contributed by atoms with Gasteiger partial charge in [0.25, 0.3) is 0 Å². The van der Waals surface area contributed by atoms with E-state index in [0.717, 1.165) is 37.6 Å². The number of hydrogen-bond donors (Lipinski definition) is 0. The molecule has 0 unspecified atom stereocenters. The molecular weight excluding hydrogens is 585 g/mol. The predicted octanol–water partition coefficient (Wildman–Crippen LogP) is 14.1. The first-order valence-corrected chi connectivity index (χ1v) is 18.8. The normalized spacial score (nSPS) is 11.7. The topological polar surface area (TPSA) is 18.5 Å². The predicted molar refractivity (Wildman–Crippen MR) is 209 cm³/mol. The molecule has 0 saturated heterocycles. The van der Waals surface area contributed by atoms with Crippen molar-refractivity contribution in [3.05, 3.63) is 96.1 Å². The van der Waals surface area contributed by atoms with Crippen LogP contribution in [0.25, 0.3) is 54.2 Å². The van der Waals surface area contributed by atoms with E-state index in [1.54, 1.807) is 0 Å². The van der Waals surface area contributed by atoms with Crippen molar-refractivity contribution in [2.24, 2.45) is 0 Å². The summed E-state index contributed by atoms with van der Waals surface area (Å²) in [5.74, 6) is 2.03. The summed E-state index contributed by atoms with van der Waals surface area (Å²) >= 11 is 0. The average Bonchev–Trinajstić information content (AvgIpc) is 3.10. The zero-order chi connectivity index (χ0) is 33.3. The lowest BCUT2D eigenvalue weighted by Gasteiger charge is -2.22. The van der Waals surface area contributed by atoms with E-state index in [4.69, 9.17) is 9.47 Å². The molecule has 6 aromatic carbocycles. The van der Waals surface area contributed by atoms with E-state index in [2.05, 4.69) is 113 Å². The Hall–Kier alpha value is -4.04. The summed E-state index contributed by atoms with van der Waals surface area (Å²) < 4.78 is 13.5. The van der Waals surface area contributed by atoms with Gasteiger partial charge in [-0.1, -0.05) is 174 Å². The summed E-state index contributed by atoms with van der Waals surface area (Å²) in [6, 6.07) is 31.5. The highest BCUT2D eigenvalue weighted by Gasteiger charge is 2.22. The van der Waals surface area contributed by atoms with Crippen molar-refractivity contribution in [2.45, 2.75) is 105 Å². The lowest BCUT2D eigenvalue weighted by molar-refractivity contribution is 0.311. The number of rotatable bonds is 17. The van der Waals surface area contributed by atoms with E-state index in [1.165, 1.54) is 130 Å². The summed E-state index contributed by atoms with van der Waals surface area (Å²) in [7, 11) is 0. The van der Waals surface area contributed by atoms with Crippen molar-refractivity contribution in [3.8, 4) is 22.6 Å². The van der Waals surface area contributed by atoms with Gasteiger partial charge in [-0.25, -0.2) is 0 Å². The van der Waals surface area contributed by atoms with Gasteiger partial charge in [0.05, 0.1) is 13.2 Å². The lowest BCUT2D eigenvalue weighted by atomic mass is 9.84. The maximum atomic E-state index is 6.75. The zero-order valence-electron chi connectivity index (χ0n) is 29.8. The van der Waals surface area contributed by atoms with E-state index in [9.17, 15) is 0 Å². The Bertz CT molecular complexity index is 1840. The second-order valence-electron chi connectivity index (χ2n) is 13.8. The molecule has 0 aliphatic heterocycles. The third-order valence-electron chi connectivity index (χ3n) is 10.00. The zero-order valence-corrected chi connectivity index (χ0v) is 29.8. The molecule has 0 heterocycles. The summed E-state index contributed by atoms with van der Waals surface area (Å²) in [6.45, 7) is 10.4. The lowest BCUT2D eigenvalue weighted by Crippen LogP contribution is -2.02. The fourth-order valence-corrected chi connectivity index (χ4v) is 7.47. The van der Waals surface area contributed by atoms with E-state index in [1.807, 2.05) is 0 Å². The van der Waals surface area contributed by atoms with Crippen LogP contribution in [0.3, 0.4) is 0 Å². The van der Waals surface area contributed by atoms with Crippen LogP contribution in [0.1, 0.15) is 102 Å². The average molecular weight is 639 g/mol. The first-order chi connectivity index (χ1) is 23.6. The monoisotopic (exact) mass is 638 g/mol. The van der Waals surface area contributed by atoms with Crippen molar-refractivity contribution in [3.63, 3.8) is 0 Å². The third-order valence-corrected chi connectivity index (χ3v) is 10.00. The Morgan fingerprint density at radius 2 is 0.729 bits per heavy atom. The van der Waals surface area contributed by atoms with Gasteiger partial charge in [0.2, 0.25) is 0 Å². The molecule has 0 radical (unpaired) electrons. The molecule has 0 fully saturated rings. The second kappa shape index (κ2) is 16.4. The Morgan fingerprint density at radius 3 is 1.15 bits per heavy atom. The molecule has 0 aliphatic carbocycles. The third kappa shape index (κ3) is 7.34. The Balaban J connectivity index is 1.50. The summed E-state index contributed by atoms with van der Waals surface area (Å²) in [5.41, 5.74) is 5.07. The van der Waals surface area contributed by atoms with E-state index in [0.29, 0.717) is 0 Å². The van der Waals surface area contributed by atoms with Crippen LogP contribution in [-0.2, 0) is 0 Å². The molecule has 250 valence electrons. The van der Waals surface area contributed by atoms with Gasteiger partial charge in [0, 0.05) is 21.5 Å². The standard InChI is InChI=1S/C46H54O2/c1-5-7-9-11-13-19-29-47-45-37-23-17-15-21-35(37)43(41-31-33(3)25-27-39(41)45)44-36-22-16-18-24-38(36)46(40-28-26-34(4)32-42(40)44)48-30-20-14-12-10-8-6-2/h15-18,21-28,31-32H,5-14,19-20,29-30H2,1-4H3. The molecule has 0 spiro atoms. The highest BCUT2D eigenvalue weighted by molar-refractivity contribution is 6.26. The van der Waals surface area contributed by atoms with Crippen LogP contribution in [0.5, 0.6) is 11.5 Å². The van der Waals surface area contributed by atoms with Crippen LogP contribution < -0.4 is 9.47 Å². The Kier molecular flexibility index (Phi) is 11.5. The second-order valence-corrected chi connectivity index (χ2v) is 13.8. The molecular formula is C46H54O2. The van der Waals surface area contributed by atoms with Gasteiger partial charge < -0.3 is 9.47 Å². The molecule has 48 heavy (non-hydrogen) atoms. The molecule has 6 aromatic rings. The molecule has 0 amide bonds. The maximum Gasteiger partial charge on any atom is 0.134 e. The van der Waals surface area contributed by atoms with E-state index < -0.39 is 0 Å². The van der Waals surface area contributed by atoms with Crippen LogP contribution in [0.15, 0.2) is 84.9 Å². The van der Waals surface area contributed by atoms with Gasteiger partial charge in [-0.3, -0.25) is 0 Å². The fourth-order valence-electron chi connectivity index (χ4n) is 7.47. The number of aryl methyl sites for hydroxylation is 2. The van der Waals surface area contributed by atoms with Crippen molar-refractivity contribution < 1.29 is 9.47 Å².